The molecular formula is C13H18FN3O2. The van der Waals surface area contributed by atoms with Crippen molar-refractivity contribution in [1.82, 2.24) is 15.5 Å². The molecule has 2 rings (SSSR count). The molecule has 3 N–H and O–H groups in total. The van der Waals surface area contributed by atoms with Gasteiger partial charge in [-0.05, 0) is 18.2 Å². The van der Waals surface area contributed by atoms with Gasteiger partial charge in [-0.3, -0.25) is 9.69 Å². The molecule has 1 aromatic carbocycles. The zero-order valence-corrected chi connectivity index (χ0v) is 10.7. The number of aromatic hydroxyl groups is 1. The third-order valence-corrected chi connectivity index (χ3v) is 3.13. The molecule has 0 unspecified atom stereocenters. The predicted octanol–water partition coefficient (Wildman–Crippen LogP) is 0.166. The van der Waals surface area contributed by atoms with Gasteiger partial charge in [0.05, 0.1) is 5.56 Å². The van der Waals surface area contributed by atoms with Gasteiger partial charge in [-0.2, -0.15) is 0 Å². The van der Waals surface area contributed by atoms with Gasteiger partial charge < -0.3 is 15.7 Å². The van der Waals surface area contributed by atoms with Crippen LogP contribution in [0.2, 0.25) is 0 Å². The molecule has 0 radical (unpaired) electrons. The molecule has 19 heavy (non-hydrogen) atoms. The van der Waals surface area contributed by atoms with E-state index in [2.05, 4.69) is 15.5 Å². The number of hydrogen-bond acceptors (Lipinski definition) is 4. The Balaban J connectivity index is 1.82. The highest BCUT2D eigenvalue weighted by Crippen LogP contribution is 2.17. The van der Waals surface area contributed by atoms with Gasteiger partial charge in [-0.25, -0.2) is 4.39 Å². The summed E-state index contributed by atoms with van der Waals surface area (Å²) in [4.78, 5) is 14.0. The predicted molar refractivity (Wildman–Crippen MR) is 69.7 cm³/mol. The van der Waals surface area contributed by atoms with E-state index in [1.807, 2.05) is 0 Å². The van der Waals surface area contributed by atoms with Crippen LogP contribution in [0.1, 0.15) is 10.4 Å². The summed E-state index contributed by atoms with van der Waals surface area (Å²) in [5, 5.41) is 15.4. The lowest BCUT2D eigenvalue weighted by Crippen LogP contribution is -2.46. The smallest absolute Gasteiger partial charge is 0.255 e. The molecule has 0 atom stereocenters. The topological polar surface area (TPSA) is 64.6 Å². The van der Waals surface area contributed by atoms with Crippen molar-refractivity contribution in [3.63, 3.8) is 0 Å². The molecule has 5 nitrogen and oxygen atoms in total. The highest BCUT2D eigenvalue weighted by molar-refractivity contribution is 5.96. The first-order chi connectivity index (χ1) is 9.16. The Morgan fingerprint density at radius 2 is 2.16 bits per heavy atom. The molecular weight excluding hydrogens is 249 g/mol. The number of rotatable bonds is 4. The first-order valence-corrected chi connectivity index (χ1v) is 6.36. The van der Waals surface area contributed by atoms with Crippen LogP contribution < -0.4 is 10.6 Å². The second-order valence-corrected chi connectivity index (χ2v) is 4.51. The number of carbonyl (C=O) groups excluding carboxylic acids is 1. The molecule has 0 aliphatic carbocycles. The summed E-state index contributed by atoms with van der Waals surface area (Å²) in [5.41, 5.74) is -0.0275. The Morgan fingerprint density at radius 3 is 2.89 bits per heavy atom. The van der Waals surface area contributed by atoms with E-state index in [1.165, 1.54) is 6.07 Å². The molecule has 0 aromatic heterocycles. The van der Waals surface area contributed by atoms with Crippen LogP contribution in [0.3, 0.4) is 0 Å². The summed E-state index contributed by atoms with van der Waals surface area (Å²) in [6, 6.07) is 3.34. The van der Waals surface area contributed by atoms with Crippen molar-refractivity contribution < 1.29 is 14.3 Å². The number of hydrogen-bond donors (Lipinski definition) is 3. The number of phenolic OH excluding ortho intramolecular Hbond substituents is 1. The summed E-state index contributed by atoms with van der Waals surface area (Å²) in [7, 11) is 0. The van der Waals surface area contributed by atoms with E-state index in [0.29, 0.717) is 6.54 Å². The van der Waals surface area contributed by atoms with Gasteiger partial charge in [0.2, 0.25) is 0 Å². The van der Waals surface area contributed by atoms with E-state index < -0.39 is 11.7 Å². The van der Waals surface area contributed by atoms with Crippen molar-refractivity contribution in [3.05, 3.63) is 29.6 Å². The largest absolute Gasteiger partial charge is 0.507 e. The lowest BCUT2D eigenvalue weighted by Gasteiger charge is -2.27. The van der Waals surface area contributed by atoms with E-state index in [9.17, 15) is 14.3 Å². The minimum atomic E-state index is -0.537. The Morgan fingerprint density at radius 1 is 1.42 bits per heavy atom. The van der Waals surface area contributed by atoms with Gasteiger partial charge in [0.1, 0.15) is 11.6 Å². The molecule has 104 valence electrons. The normalized spacial score (nSPS) is 16.3. The van der Waals surface area contributed by atoms with Crippen LogP contribution in [0.5, 0.6) is 5.75 Å². The van der Waals surface area contributed by atoms with E-state index in [1.54, 1.807) is 0 Å². The Kier molecular flexibility index (Phi) is 4.70. The van der Waals surface area contributed by atoms with Crippen LogP contribution in [0.25, 0.3) is 0 Å². The Bertz CT molecular complexity index is 448. The number of benzene rings is 1. The van der Waals surface area contributed by atoms with Gasteiger partial charge in [0.25, 0.3) is 5.91 Å². The summed E-state index contributed by atoms with van der Waals surface area (Å²) in [6.45, 7) is 5.07. The van der Waals surface area contributed by atoms with Crippen LogP contribution in [0, 0.1) is 5.82 Å². The van der Waals surface area contributed by atoms with Crippen LogP contribution in [0.15, 0.2) is 18.2 Å². The van der Waals surface area contributed by atoms with E-state index in [4.69, 9.17) is 0 Å². The van der Waals surface area contributed by atoms with Gasteiger partial charge in [0, 0.05) is 39.3 Å². The van der Waals surface area contributed by atoms with E-state index in [0.717, 1.165) is 44.9 Å². The molecule has 1 aliphatic rings. The fourth-order valence-corrected chi connectivity index (χ4v) is 2.05. The number of carbonyl (C=O) groups is 1. The monoisotopic (exact) mass is 267 g/mol. The fraction of sp³-hybridized carbons (Fsp3) is 0.462. The molecule has 0 spiro atoms. The Hall–Kier alpha value is -1.66. The molecule has 6 heteroatoms. The van der Waals surface area contributed by atoms with E-state index >= 15 is 0 Å². The fourth-order valence-electron chi connectivity index (χ4n) is 2.05. The van der Waals surface area contributed by atoms with Crippen molar-refractivity contribution in [3.8, 4) is 5.75 Å². The van der Waals surface area contributed by atoms with Gasteiger partial charge >= 0.3 is 0 Å². The number of nitrogens with zero attached hydrogens (tertiary/aromatic N) is 1. The van der Waals surface area contributed by atoms with Crippen molar-refractivity contribution >= 4 is 5.91 Å². The maximum absolute atomic E-state index is 13.0. The molecule has 1 heterocycles. The minimum absolute atomic E-state index is 0.0275. The number of phenols is 1. The van der Waals surface area contributed by atoms with E-state index in [-0.39, 0.29) is 11.3 Å². The van der Waals surface area contributed by atoms with Crippen LogP contribution in [-0.4, -0.2) is 55.2 Å². The maximum Gasteiger partial charge on any atom is 0.255 e. The molecule has 0 bridgehead atoms. The van der Waals surface area contributed by atoms with Gasteiger partial charge in [-0.1, -0.05) is 0 Å². The molecule has 1 fully saturated rings. The first-order valence-electron chi connectivity index (χ1n) is 6.36. The first kappa shape index (κ1) is 13.8. The zero-order chi connectivity index (χ0) is 13.7. The third kappa shape index (κ3) is 3.90. The van der Waals surface area contributed by atoms with Crippen molar-refractivity contribution in [2.45, 2.75) is 0 Å². The average molecular weight is 267 g/mol. The molecule has 0 saturated carbocycles. The lowest BCUT2D eigenvalue weighted by atomic mass is 10.2. The SMILES string of the molecule is O=C(NCCN1CCNCC1)c1cc(F)ccc1O. The quantitative estimate of drug-likeness (QED) is 0.727. The summed E-state index contributed by atoms with van der Waals surface area (Å²) >= 11 is 0. The second-order valence-electron chi connectivity index (χ2n) is 4.51. The van der Waals surface area contributed by atoms with Crippen molar-refractivity contribution in [2.24, 2.45) is 0 Å². The van der Waals surface area contributed by atoms with Gasteiger partial charge in [-0.15, -0.1) is 0 Å². The number of nitrogens with one attached hydrogen (secondary N) is 2. The van der Waals surface area contributed by atoms with Crippen molar-refractivity contribution in [2.75, 3.05) is 39.3 Å². The number of halogens is 1. The van der Waals surface area contributed by atoms with Crippen LogP contribution in [0.4, 0.5) is 4.39 Å². The highest BCUT2D eigenvalue weighted by atomic mass is 19.1. The van der Waals surface area contributed by atoms with Crippen LogP contribution >= 0.6 is 0 Å². The molecule has 1 amide bonds. The second kappa shape index (κ2) is 6.49. The number of piperazine rings is 1. The lowest BCUT2D eigenvalue weighted by molar-refractivity contribution is 0.0944. The van der Waals surface area contributed by atoms with Crippen LogP contribution in [-0.2, 0) is 0 Å². The standard InChI is InChI=1S/C13H18FN3O2/c14-10-1-2-12(18)11(9-10)13(19)16-5-8-17-6-3-15-4-7-17/h1-2,9,15,18H,3-8H2,(H,16,19). The highest BCUT2D eigenvalue weighted by Gasteiger charge is 2.13. The average Bonchev–Trinajstić information content (AvgIpc) is 2.42. The third-order valence-electron chi connectivity index (χ3n) is 3.13. The molecule has 1 aromatic rings. The van der Waals surface area contributed by atoms with Crippen molar-refractivity contribution in [1.29, 1.82) is 0 Å². The number of amides is 1. The summed E-state index contributed by atoms with van der Waals surface area (Å²) in [5.74, 6) is -1.20. The van der Waals surface area contributed by atoms with Gasteiger partial charge in [0.15, 0.2) is 0 Å². The minimum Gasteiger partial charge on any atom is -0.507 e. The zero-order valence-electron chi connectivity index (χ0n) is 10.7. The summed E-state index contributed by atoms with van der Waals surface area (Å²) < 4.78 is 13.0. The molecule has 1 saturated heterocycles. The molecule has 1 aliphatic heterocycles. The summed E-state index contributed by atoms with van der Waals surface area (Å²) in [6.07, 6.45) is 0. The maximum atomic E-state index is 13.0. The Labute approximate surface area is 111 Å².